The van der Waals surface area contributed by atoms with Crippen molar-refractivity contribution in [2.75, 3.05) is 20.2 Å². The minimum Gasteiger partial charge on any atom is -0.508 e. The van der Waals surface area contributed by atoms with E-state index in [9.17, 15) is 14.7 Å². The van der Waals surface area contributed by atoms with Gasteiger partial charge in [0, 0.05) is 13.1 Å². The fourth-order valence-corrected chi connectivity index (χ4v) is 1.69. The molecule has 5 heteroatoms. The molecule has 0 aliphatic heterocycles. The monoisotopic (exact) mass is 265 g/mol. The van der Waals surface area contributed by atoms with Gasteiger partial charge in [0.05, 0.1) is 20.0 Å². The predicted molar refractivity (Wildman–Crippen MR) is 70.7 cm³/mol. The van der Waals surface area contributed by atoms with Gasteiger partial charge in [-0.05, 0) is 24.6 Å². The van der Waals surface area contributed by atoms with Crippen LogP contribution >= 0.6 is 0 Å². The van der Waals surface area contributed by atoms with Crippen LogP contribution in [-0.2, 0) is 20.7 Å². The van der Waals surface area contributed by atoms with Crippen LogP contribution in [0.25, 0.3) is 0 Å². The first-order valence-corrected chi connectivity index (χ1v) is 6.19. The number of phenolic OH excluding ortho intramolecular Hbond substituents is 1. The number of esters is 1. The molecular formula is C14H19NO4. The van der Waals surface area contributed by atoms with E-state index in [0.29, 0.717) is 13.1 Å². The third kappa shape index (κ3) is 4.99. The third-order valence-corrected chi connectivity index (χ3v) is 2.84. The van der Waals surface area contributed by atoms with E-state index in [-0.39, 0.29) is 30.5 Å². The quantitative estimate of drug-likeness (QED) is 0.788. The molecule has 19 heavy (non-hydrogen) atoms. The van der Waals surface area contributed by atoms with Crippen molar-refractivity contribution in [2.24, 2.45) is 0 Å². The Morgan fingerprint density at radius 2 is 1.89 bits per heavy atom. The highest BCUT2D eigenvalue weighted by Crippen LogP contribution is 2.11. The molecule has 0 saturated heterocycles. The number of carbonyl (C=O) groups excluding carboxylic acids is 2. The molecule has 5 nitrogen and oxygen atoms in total. The summed E-state index contributed by atoms with van der Waals surface area (Å²) >= 11 is 0. The number of aromatic hydroxyl groups is 1. The van der Waals surface area contributed by atoms with Gasteiger partial charge in [-0.15, -0.1) is 0 Å². The fraction of sp³-hybridized carbons (Fsp3) is 0.429. The Balaban J connectivity index is 2.53. The Hall–Kier alpha value is -2.04. The Kier molecular flexibility index (Phi) is 5.85. The van der Waals surface area contributed by atoms with E-state index >= 15 is 0 Å². The molecule has 0 aliphatic carbocycles. The van der Waals surface area contributed by atoms with E-state index in [2.05, 4.69) is 4.74 Å². The number of hydrogen-bond donors (Lipinski definition) is 1. The lowest BCUT2D eigenvalue weighted by atomic mass is 10.1. The molecule has 0 atom stereocenters. The van der Waals surface area contributed by atoms with Crippen molar-refractivity contribution < 1.29 is 19.4 Å². The van der Waals surface area contributed by atoms with Crippen molar-refractivity contribution in [2.45, 2.75) is 19.8 Å². The zero-order chi connectivity index (χ0) is 14.3. The summed E-state index contributed by atoms with van der Waals surface area (Å²) in [4.78, 5) is 24.7. The molecule has 0 spiro atoms. The number of amides is 1. The van der Waals surface area contributed by atoms with Gasteiger partial charge in [0.15, 0.2) is 0 Å². The number of rotatable bonds is 6. The van der Waals surface area contributed by atoms with E-state index in [0.717, 1.165) is 5.56 Å². The maximum atomic E-state index is 12.0. The maximum absolute atomic E-state index is 12.0. The van der Waals surface area contributed by atoms with E-state index in [1.165, 1.54) is 7.11 Å². The molecule has 1 rings (SSSR count). The lowest BCUT2D eigenvalue weighted by Crippen LogP contribution is -2.34. The van der Waals surface area contributed by atoms with Gasteiger partial charge in [0.2, 0.25) is 5.91 Å². The van der Waals surface area contributed by atoms with Gasteiger partial charge in [0.25, 0.3) is 0 Å². The van der Waals surface area contributed by atoms with Gasteiger partial charge in [-0.1, -0.05) is 12.1 Å². The molecule has 1 aromatic rings. The number of nitrogens with zero attached hydrogens (tertiary/aromatic N) is 1. The minimum absolute atomic E-state index is 0.0444. The topological polar surface area (TPSA) is 66.8 Å². The third-order valence-electron chi connectivity index (χ3n) is 2.84. The van der Waals surface area contributed by atoms with Crippen molar-refractivity contribution in [3.63, 3.8) is 0 Å². The second-order valence-electron chi connectivity index (χ2n) is 4.14. The summed E-state index contributed by atoms with van der Waals surface area (Å²) in [7, 11) is 1.33. The Labute approximate surface area is 112 Å². The van der Waals surface area contributed by atoms with Crippen molar-refractivity contribution in [3.05, 3.63) is 29.8 Å². The van der Waals surface area contributed by atoms with Gasteiger partial charge in [-0.3, -0.25) is 9.59 Å². The number of likely N-dealkylation sites (N-methyl/N-ethyl adjacent to an activating group) is 1. The summed E-state index contributed by atoms with van der Waals surface area (Å²) in [5, 5.41) is 9.17. The van der Waals surface area contributed by atoms with Gasteiger partial charge in [0.1, 0.15) is 5.75 Å². The molecular weight excluding hydrogens is 246 g/mol. The van der Waals surface area contributed by atoms with Gasteiger partial charge < -0.3 is 14.7 Å². The van der Waals surface area contributed by atoms with Crippen LogP contribution in [0.5, 0.6) is 5.75 Å². The van der Waals surface area contributed by atoms with Crippen LogP contribution in [0.3, 0.4) is 0 Å². The second kappa shape index (κ2) is 7.41. The molecule has 0 aliphatic rings. The smallest absolute Gasteiger partial charge is 0.307 e. The van der Waals surface area contributed by atoms with Gasteiger partial charge in [-0.2, -0.15) is 0 Å². The van der Waals surface area contributed by atoms with E-state index in [4.69, 9.17) is 0 Å². The summed E-state index contributed by atoms with van der Waals surface area (Å²) in [5.41, 5.74) is 0.833. The first-order valence-electron chi connectivity index (χ1n) is 6.19. The van der Waals surface area contributed by atoms with Gasteiger partial charge >= 0.3 is 5.97 Å². The summed E-state index contributed by atoms with van der Waals surface area (Å²) in [6, 6.07) is 6.52. The molecule has 0 unspecified atom stereocenters. The van der Waals surface area contributed by atoms with Crippen molar-refractivity contribution in [1.82, 2.24) is 4.90 Å². The van der Waals surface area contributed by atoms with E-state index in [1.807, 2.05) is 6.92 Å². The molecule has 0 saturated carbocycles. The molecule has 1 aromatic carbocycles. The van der Waals surface area contributed by atoms with Crippen molar-refractivity contribution in [1.29, 1.82) is 0 Å². The van der Waals surface area contributed by atoms with Crippen LogP contribution < -0.4 is 0 Å². The highest BCUT2D eigenvalue weighted by molar-refractivity contribution is 5.79. The van der Waals surface area contributed by atoms with E-state index < -0.39 is 0 Å². The number of benzene rings is 1. The SMILES string of the molecule is CCN(CCC(=O)OC)C(=O)Cc1ccc(O)cc1. The number of carbonyl (C=O) groups is 2. The number of hydrogen-bond acceptors (Lipinski definition) is 4. The summed E-state index contributed by atoms with van der Waals surface area (Å²) in [6.07, 6.45) is 0.459. The molecule has 1 N–H and O–H groups in total. The maximum Gasteiger partial charge on any atom is 0.307 e. The molecule has 0 radical (unpaired) electrons. The average molecular weight is 265 g/mol. The lowest BCUT2D eigenvalue weighted by Gasteiger charge is -2.20. The summed E-state index contributed by atoms with van der Waals surface area (Å²) in [5.74, 6) is -0.192. The first kappa shape index (κ1) is 15.0. The van der Waals surface area contributed by atoms with Gasteiger partial charge in [-0.25, -0.2) is 0 Å². The normalized spacial score (nSPS) is 10.0. The molecule has 0 heterocycles. The Morgan fingerprint density at radius 1 is 1.26 bits per heavy atom. The lowest BCUT2D eigenvalue weighted by molar-refractivity contribution is -0.141. The predicted octanol–water partition coefficient (Wildman–Crippen LogP) is 1.35. The fourth-order valence-electron chi connectivity index (χ4n) is 1.69. The van der Waals surface area contributed by atoms with Crippen molar-refractivity contribution in [3.8, 4) is 5.75 Å². The van der Waals surface area contributed by atoms with Crippen molar-refractivity contribution >= 4 is 11.9 Å². The molecule has 0 aromatic heterocycles. The summed E-state index contributed by atoms with van der Waals surface area (Å²) < 4.78 is 4.55. The van der Waals surface area contributed by atoms with Crippen LogP contribution in [0.1, 0.15) is 18.9 Å². The molecule has 1 amide bonds. The number of ether oxygens (including phenoxy) is 1. The Morgan fingerprint density at radius 3 is 2.42 bits per heavy atom. The van der Waals surface area contributed by atoms with Crippen LogP contribution in [0, 0.1) is 0 Å². The second-order valence-corrected chi connectivity index (χ2v) is 4.14. The van der Waals surface area contributed by atoms with E-state index in [1.54, 1.807) is 29.2 Å². The molecule has 0 fully saturated rings. The van der Waals surface area contributed by atoms with Crippen LogP contribution in [-0.4, -0.2) is 42.1 Å². The summed E-state index contributed by atoms with van der Waals surface area (Å²) in [6.45, 7) is 2.78. The minimum atomic E-state index is -0.323. The first-order chi connectivity index (χ1) is 9.06. The highest BCUT2D eigenvalue weighted by atomic mass is 16.5. The number of methoxy groups -OCH3 is 1. The average Bonchev–Trinajstić information content (AvgIpc) is 2.41. The Bertz CT molecular complexity index is 428. The zero-order valence-corrected chi connectivity index (χ0v) is 11.3. The zero-order valence-electron chi connectivity index (χ0n) is 11.3. The molecule has 0 bridgehead atoms. The van der Waals surface area contributed by atoms with Crippen LogP contribution in [0.4, 0.5) is 0 Å². The number of phenols is 1. The van der Waals surface area contributed by atoms with Crippen LogP contribution in [0.2, 0.25) is 0 Å². The van der Waals surface area contributed by atoms with Crippen LogP contribution in [0.15, 0.2) is 24.3 Å². The largest absolute Gasteiger partial charge is 0.508 e. The standard InChI is InChI=1S/C14H19NO4/c1-3-15(9-8-14(18)19-2)13(17)10-11-4-6-12(16)7-5-11/h4-7,16H,3,8-10H2,1-2H3. The highest BCUT2D eigenvalue weighted by Gasteiger charge is 2.14. The molecule has 104 valence electrons.